The van der Waals surface area contributed by atoms with E-state index in [0.29, 0.717) is 12.5 Å². The zero-order valence-corrected chi connectivity index (χ0v) is 13.9. The SMILES string of the molecule is CC(C)(C)OC(=O)N1CCC(c2nc(CCN)cs2)CC1. The van der Waals surface area contributed by atoms with Gasteiger partial charge in [-0.1, -0.05) is 0 Å². The molecule has 0 unspecified atom stereocenters. The Labute approximate surface area is 130 Å². The molecular formula is C15H25N3O2S. The van der Waals surface area contributed by atoms with E-state index in [1.165, 1.54) is 5.01 Å². The smallest absolute Gasteiger partial charge is 0.410 e. The maximum atomic E-state index is 12.0. The average Bonchev–Trinajstić information content (AvgIpc) is 2.86. The van der Waals surface area contributed by atoms with Gasteiger partial charge in [-0.2, -0.15) is 0 Å². The third-order valence-corrected chi connectivity index (χ3v) is 4.52. The second-order valence-electron chi connectivity index (χ2n) is 6.46. The molecule has 1 aliphatic rings. The largest absolute Gasteiger partial charge is 0.444 e. The normalized spacial score (nSPS) is 17.0. The fraction of sp³-hybridized carbons (Fsp3) is 0.733. The molecule has 0 aromatic carbocycles. The van der Waals surface area contributed by atoms with Crippen molar-refractivity contribution in [2.75, 3.05) is 19.6 Å². The molecule has 2 heterocycles. The van der Waals surface area contributed by atoms with Crippen molar-refractivity contribution in [1.29, 1.82) is 0 Å². The summed E-state index contributed by atoms with van der Waals surface area (Å²) in [5.74, 6) is 0.459. The van der Waals surface area contributed by atoms with Gasteiger partial charge in [0.25, 0.3) is 0 Å². The highest BCUT2D eigenvalue weighted by Gasteiger charge is 2.28. The number of carbonyl (C=O) groups excluding carboxylic acids is 1. The van der Waals surface area contributed by atoms with Crippen molar-refractivity contribution in [1.82, 2.24) is 9.88 Å². The number of carbonyl (C=O) groups is 1. The fourth-order valence-corrected chi connectivity index (χ4v) is 3.43. The number of hydrogen-bond donors (Lipinski definition) is 1. The van der Waals surface area contributed by atoms with Crippen LogP contribution in [0, 0.1) is 0 Å². The second-order valence-corrected chi connectivity index (χ2v) is 7.35. The molecule has 0 bridgehead atoms. The average molecular weight is 311 g/mol. The first-order valence-electron chi connectivity index (χ1n) is 7.51. The molecule has 1 aromatic rings. The molecule has 1 amide bonds. The Morgan fingerprint density at radius 1 is 1.48 bits per heavy atom. The van der Waals surface area contributed by atoms with Gasteiger partial charge in [0.05, 0.1) is 10.7 Å². The first-order valence-corrected chi connectivity index (χ1v) is 8.39. The molecule has 0 spiro atoms. The van der Waals surface area contributed by atoms with Crippen LogP contribution in [-0.2, 0) is 11.2 Å². The number of amides is 1. The van der Waals surface area contributed by atoms with E-state index in [2.05, 4.69) is 10.4 Å². The number of rotatable bonds is 3. The topological polar surface area (TPSA) is 68.5 Å². The summed E-state index contributed by atoms with van der Waals surface area (Å²) in [4.78, 5) is 18.5. The summed E-state index contributed by atoms with van der Waals surface area (Å²) in [5.41, 5.74) is 6.22. The van der Waals surface area contributed by atoms with Crippen molar-refractivity contribution in [3.8, 4) is 0 Å². The summed E-state index contributed by atoms with van der Waals surface area (Å²) in [7, 11) is 0. The van der Waals surface area contributed by atoms with Crippen LogP contribution in [0.3, 0.4) is 0 Å². The molecule has 2 rings (SSSR count). The van der Waals surface area contributed by atoms with Crippen LogP contribution in [0.4, 0.5) is 4.79 Å². The minimum absolute atomic E-state index is 0.205. The highest BCUT2D eigenvalue weighted by Crippen LogP contribution is 2.30. The summed E-state index contributed by atoms with van der Waals surface area (Å²) in [6, 6.07) is 0. The number of piperidine rings is 1. The van der Waals surface area contributed by atoms with Gasteiger partial charge < -0.3 is 15.4 Å². The molecule has 0 atom stereocenters. The number of likely N-dealkylation sites (tertiary alicyclic amines) is 1. The first-order chi connectivity index (χ1) is 9.89. The van der Waals surface area contributed by atoms with Gasteiger partial charge in [0.1, 0.15) is 5.60 Å². The van der Waals surface area contributed by atoms with E-state index in [9.17, 15) is 4.79 Å². The summed E-state index contributed by atoms with van der Waals surface area (Å²) in [6.45, 7) is 7.81. The van der Waals surface area contributed by atoms with Crippen molar-refractivity contribution >= 4 is 17.4 Å². The van der Waals surface area contributed by atoms with Crippen molar-refractivity contribution in [3.05, 3.63) is 16.1 Å². The molecule has 21 heavy (non-hydrogen) atoms. The third kappa shape index (κ3) is 4.68. The van der Waals surface area contributed by atoms with Crippen LogP contribution in [0.15, 0.2) is 5.38 Å². The van der Waals surface area contributed by atoms with Crippen molar-refractivity contribution in [2.45, 2.75) is 51.6 Å². The van der Waals surface area contributed by atoms with Gasteiger partial charge in [-0.3, -0.25) is 0 Å². The van der Waals surface area contributed by atoms with Crippen molar-refractivity contribution in [3.63, 3.8) is 0 Å². The zero-order valence-electron chi connectivity index (χ0n) is 13.1. The predicted molar refractivity (Wildman–Crippen MR) is 84.7 cm³/mol. The Morgan fingerprint density at radius 2 is 2.14 bits per heavy atom. The van der Waals surface area contributed by atoms with Gasteiger partial charge in [-0.05, 0) is 40.2 Å². The van der Waals surface area contributed by atoms with Gasteiger partial charge in [-0.25, -0.2) is 9.78 Å². The van der Waals surface area contributed by atoms with E-state index in [1.54, 1.807) is 16.2 Å². The Balaban J connectivity index is 1.86. The van der Waals surface area contributed by atoms with Gasteiger partial charge in [0, 0.05) is 30.8 Å². The van der Waals surface area contributed by atoms with Crippen molar-refractivity contribution in [2.24, 2.45) is 5.73 Å². The molecule has 118 valence electrons. The second kappa shape index (κ2) is 6.75. The van der Waals surface area contributed by atoms with Crippen molar-refractivity contribution < 1.29 is 9.53 Å². The zero-order chi connectivity index (χ0) is 15.5. The number of thiazole rings is 1. The lowest BCUT2D eigenvalue weighted by atomic mass is 9.98. The van der Waals surface area contributed by atoms with Gasteiger partial charge in [0.2, 0.25) is 0 Å². The fourth-order valence-electron chi connectivity index (χ4n) is 2.41. The molecule has 5 nitrogen and oxygen atoms in total. The van der Waals surface area contributed by atoms with E-state index in [-0.39, 0.29) is 6.09 Å². The van der Waals surface area contributed by atoms with Crippen LogP contribution in [0.1, 0.15) is 50.2 Å². The van der Waals surface area contributed by atoms with Crippen LogP contribution in [0.25, 0.3) is 0 Å². The number of nitrogens with two attached hydrogens (primary N) is 1. The Hall–Kier alpha value is -1.14. The van der Waals surface area contributed by atoms with E-state index >= 15 is 0 Å². The summed E-state index contributed by atoms with van der Waals surface area (Å²) in [6.07, 6.45) is 2.54. The molecule has 0 radical (unpaired) electrons. The van der Waals surface area contributed by atoms with Crippen LogP contribution in [0.2, 0.25) is 0 Å². The highest BCUT2D eigenvalue weighted by atomic mass is 32.1. The quantitative estimate of drug-likeness (QED) is 0.932. The Kier molecular flexibility index (Phi) is 5.22. The van der Waals surface area contributed by atoms with E-state index in [0.717, 1.165) is 38.0 Å². The maximum Gasteiger partial charge on any atom is 0.410 e. The molecule has 0 saturated carbocycles. The molecule has 2 N–H and O–H groups in total. The van der Waals surface area contributed by atoms with Crippen LogP contribution in [-0.4, -0.2) is 41.2 Å². The lowest BCUT2D eigenvalue weighted by molar-refractivity contribution is 0.0205. The van der Waals surface area contributed by atoms with E-state index < -0.39 is 5.60 Å². The number of ether oxygens (including phenoxy) is 1. The van der Waals surface area contributed by atoms with Crippen LogP contribution >= 0.6 is 11.3 Å². The highest BCUT2D eigenvalue weighted by molar-refractivity contribution is 7.09. The molecule has 1 fully saturated rings. The molecule has 1 saturated heterocycles. The molecule has 0 aliphatic carbocycles. The van der Waals surface area contributed by atoms with Gasteiger partial charge in [-0.15, -0.1) is 11.3 Å². The minimum Gasteiger partial charge on any atom is -0.444 e. The minimum atomic E-state index is -0.430. The van der Waals surface area contributed by atoms with Crippen LogP contribution < -0.4 is 5.73 Å². The number of hydrogen-bond acceptors (Lipinski definition) is 5. The standard InChI is InChI=1S/C15H25N3O2S/c1-15(2,3)20-14(19)18-8-5-11(6-9-18)13-17-12(4-7-16)10-21-13/h10-11H,4-9,16H2,1-3H3. The lowest BCUT2D eigenvalue weighted by Gasteiger charge is -2.32. The lowest BCUT2D eigenvalue weighted by Crippen LogP contribution is -2.41. The number of nitrogens with zero attached hydrogens (tertiary/aromatic N) is 2. The molecule has 1 aromatic heterocycles. The summed E-state index contributed by atoms with van der Waals surface area (Å²) in [5, 5.41) is 3.28. The third-order valence-electron chi connectivity index (χ3n) is 3.47. The summed E-state index contributed by atoms with van der Waals surface area (Å²) >= 11 is 1.71. The first kappa shape index (κ1) is 16.2. The van der Waals surface area contributed by atoms with Gasteiger partial charge >= 0.3 is 6.09 Å². The maximum absolute atomic E-state index is 12.0. The molecule has 1 aliphatic heterocycles. The molecule has 6 heteroatoms. The van der Waals surface area contributed by atoms with E-state index in [4.69, 9.17) is 10.5 Å². The van der Waals surface area contributed by atoms with Gasteiger partial charge in [0.15, 0.2) is 0 Å². The number of aromatic nitrogens is 1. The Bertz CT molecular complexity index is 474. The predicted octanol–water partition coefficient (Wildman–Crippen LogP) is 2.76. The summed E-state index contributed by atoms with van der Waals surface area (Å²) < 4.78 is 5.41. The van der Waals surface area contributed by atoms with Crippen LogP contribution in [0.5, 0.6) is 0 Å². The van der Waals surface area contributed by atoms with E-state index in [1.807, 2.05) is 20.8 Å². The molecular weight excluding hydrogens is 286 g/mol. The Morgan fingerprint density at radius 3 is 2.71 bits per heavy atom. The monoisotopic (exact) mass is 311 g/mol.